The summed E-state index contributed by atoms with van der Waals surface area (Å²) in [5.41, 5.74) is 3.78. The Hall–Kier alpha value is -2.72. The summed E-state index contributed by atoms with van der Waals surface area (Å²) in [6.45, 7) is 20.5. The highest BCUT2D eigenvalue weighted by Gasteiger charge is 2.23. The first kappa shape index (κ1) is 34.5. The summed E-state index contributed by atoms with van der Waals surface area (Å²) in [7, 11) is 0. The van der Waals surface area contributed by atoms with E-state index in [4.69, 9.17) is 28.4 Å². The normalized spacial score (nSPS) is 14.6. The van der Waals surface area contributed by atoms with Crippen LogP contribution in [-0.4, -0.2) is 74.6 Å². The Balaban J connectivity index is 1.80. The van der Waals surface area contributed by atoms with Crippen LogP contribution in [-0.2, 0) is 24.4 Å². The van der Waals surface area contributed by atoms with E-state index in [2.05, 4.69) is 27.0 Å². The average molecular weight is 573 g/mol. The Morgan fingerprint density at radius 2 is 0.976 bits per heavy atom. The molecule has 0 radical (unpaired) electrons. The van der Waals surface area contributed by atoms with E-state index in [-0.39, 0.29) is 31.8 Å². The molecule has 4 unspecified atom stereocenters. The molecule has 0 spiro atoms. The first-order valence-corrected chi connectivity index (χ1v) is 13.9. The number of aliphatic hydroxyl groups excluding tert-OH is 2. The number of hydrogen-bond acceptors (Lipinski definition) is 8. The summed E-state index contributed by atoms with van der Waals surface area (Å²) in [4.78, 5) is 0. The summed E-state index contributed by atoms with van der Waals surface area (Å²) < 4.78 is 33.4. The van der Waals surface area contributed by atoms with Gasteiger partial charge in [0.1, 0.15) is 36.9 Å². The molecule has 228 valence electrons. The summed E-state index contributed by atoms with van der Waals surface area (Å²) in [5, 5.41) is 20.4. The maximum Gasteiger partial charge on any atom is 0.155 e. The molecular weight excluding hydrogens is 524 g/mol. The van der Waals surface area contributed by atoms with Crippen molar-refractivity contribution in [3.05, 3.63) is 84.0 Å². The summed E-state index contributed by atoms with van der Waals surface area (Å²) >= 11 is 0. The lowest BCUT2D eigenvalue weighted by Gasteiger charge is -2.26. The number of hydrogen-bond donors (Lipinski definition) is 2. The van der Waals surface area contributed by atoms with Gasteiger partial charge in [-0.1, -0.05) is 62.4 Å². The Bertz CT molecular complexity index is 964. The zero-order valence-electron chi connectivity index (χ0n) is 25.4. The van der Waals surface area contributed by atoms with Gasteiger partial charge in [-0.05, 0) is 63.1 Å². The van der Waals surface area contributed by atoms with Gasteiger partial charge in [-0.15, -0.1) is 0 Å². The minimum absolute atomic E-state index is 0.110. The third kappa shape index (κ3) is 13.2. The Morgan fingerprint density at radius 1 is 0.634 bits per heavy atom. The number of rotatable bonds is 20. The van der Waals surface area contributed by atoms with Crippen LogP contribution in [0.2, 0.25) is 0 Å². The predicted octanol–water partition coefficient (Wildman–Crippen LogP) is 5.40. The van der Waals surface area contributed by atoms with E-state index in [1.807, 2.05) is 62.4 Å². The van der Waals surface area contributed by atoms with Crippen LogP contribution in [0, 0.1) is 0 Å². The van der Waals surface area contributed by atoms with Gasteiger partial charge in [-0.3, -0.25) is 0 Å². The lowest BCUT2D eigenvalue weighted by atomic mass is 9.78. The maximum absolute atomic E-state index is 10.2. The van der Waals surface area contributed by atoms with Crippen LogP contribution in [0.5, 0.6) is 11.5 Å². The summed E-state index contributed by atoms with van der Waals surface area (Å²) in [6, 6.07) is 15.7. The van der Waals surface area contributed by atoms with Crippen molar-refractivity contribution in [2.75, 3.05) is 39.6 Å². The van der Waals surface area contributed by atoms with Gasteiger partial charge in [0, 0.05) is 5.41 Å². The van der Waals surface area contributed by atoms with Gasteiger partial charge in [0.05, 0.1) is 26.4 Å². The van der Waals surface area contributed by atoms with Crippen molar-refractivity contribution in [2.24, 2.45) is 0 Å². The van der Waals surface area contributed by atoms with Crippen LogP contribution in [0.3, 0.4) is 0 Å². The second-order valence-corrected chi connectivity index (χ2v) is 10.9. The van der Waals surface area contributed by atoms with Gasteiger partial charge in [0.15, 0.2) is 12.6 Å². The molecule has 0 aliphatic carbocycles. The van der Waals surface area contributed by atoms with Gasteiger partial charge >= 0.3 is 0 Å². The first-order valence-electron chi connectivity index (χ1n) is 13.9. The summed E-state index contributed by atoms with van der Waals surface area (Å²) in [5.74, 6) is 1.33. The van der Waals surface area contributed by atoms with Crippen LogP contribution in [0.15, 0.2) is 72.8 Å². The summed E-state index contributed by atoms with van der Waals surface area (Å²) in [6.07, 6.45) is -2.42. The molecule has 41 heavy (non-hydrogen) atoms. The van der Waals surface area contributed by atoms with E-state index < -0.39 is 24.8 Å². The molecule has 0 aromatic heterocycles. The van der Waals surface area contributed by atoms with Crippen LogP contribution >= 0.6 is 0 Å². The topological polar surface area (TPSA) is 95.8 Å². The maximum atomic E-state index is 10.2. The Kier molecular flexibility index (Phi) is 14.5. The van der Waals surface area contributed by atoms with Crippen LogP contribution in [0.4, 0.5) is 0 Å². The first-order chi connectivity index (χ1) is 19.4. The van der Waals surface area contributed by atoms with Crippen molar-refractivity contribution in [2.45, 2.75) is 71.7 Å². The molecule has 0 saturated heterocycles. The molecular formula is C33H48O8. The van der Waals surface area contributed by atoms with Crippen molar-refractivity contribution in [1.82, 2.24) is 0 Å². The van der Waals surface area contributed by atoms with E-state index in [1.165, 1.54) is 0 Å². The number of aliphatic hydroxyl groups is 2. The highest BCUT2D eigenvalue weighted by Crippen LogP contribution is 2.33. The smallest absolute Gasteiger partial charge is 0.155 e. The second-order valence-electron chi connectivity index (χ2n) is 10.9. The minimum Gasteiger partial charge on any atom is -0.491 e. The van der Waals surface area contributed by atoms with Crippen molar-refractivity contribution in [1.29, 1.82) is 0 Å². The van der Waals surface area contributed by atoms with E-state index in [0.29, 0.717) is 24.7 Å². The predicted molar refractivity (Wildman–Crippen MR) is 160 cm³/mol. The zero-order valence-corrected chi connectivity index (χ0v) is 25.4. The lowest BCUT2D eigenvalue weighted by molar-refractivity contribution is -0.144. The van der Waals surface area contributed by atoms with Crippen molar-refractivity contribution < 1.29 is 38.6 Å². The fourth-order valence-electron chi connectivity index (χ4n) is 3.69. The Labute approximate surface area is 245 Å². The third-order valence-corrected chi connectivity index (χ3v) is 6.21. The average Bonchev–Trinajstić information content (AvgIpc) is 2.95. The highest BCUT2D eigenvalue weighted by atomic mass is 16.7. The second kappa shape index (κ2) is 17.3. The molecule has 0 bridgehead atoms. The molecule has 2 rings (SSSR count). The van der Waals surface area contributed by atoms with Gasteiger partial charge in [0.25, 0.3) is 0 Å². The SMILES string of the molecule is C=C(C)COC(C)OCC(O)COc1ccc(C(C)(C)c2ccc(OCC(O)COC(C)OCC(=C)C)cc2)cc1. The molecule has 2 aromatic rings. The molecule has 0 heterocycles. The molecule has 8 heteroatoms. The molecule has 0 aliphatic rings. The molecule has 2 aromatic carbocycles. The molecule has 8 nitrogen and oxygen atoms in total. The van der Waals surface area contributed by atoms with Gasteiger partial charge < -0.3 is 38.6 Å². The van der Waals surface area contributed by atoms with Gasteiger partial charge in [-0.2, -0.15) is 0 Å². The van der Waals surface area contributed by atoms with Crippen molar-refractivity contribution >= 4 is 0 Å². The highest BCUT2D eigenvalue weighted by molar-refractivity contribution is 5.41. The van der Waals surface area contributed by atoms with Crippen LogP contribution in [0.1, 0.15) is 52.7 Å². The monoisotopic (exact) mass is 572 g/mol. The van der Waals surface area contributed by atoms with Gasteiger partial charge in [0.2, 0.25) is 0 Å². The van der Waals surface area contributed by atoms with E-state index >= 15 is 0 Å². The molecule has 0 aliphatic heterocycles. The van der Waals surface area contributed by atoms with Crippen LogP contribution < -0.4 is 9.47 Å². The fourth-order valence-corrected chi connectivity index (χ4v) is 3.69. The molecule has 2 N–H and O–H groups in total. The molecule has 4 atom stereocenters. The molecule has 0 saturated carbocycles. The quantitative estimate of drug-likeness (QED) is 0.161. The lowest BCUT2D eigenvalue weighted by Crippen LogP contribution is -2.27. The minimum atomic E-state index is -0.777. The van der Waals surface area contributed by atoms with E-state index in [0.717, 1.165) is 22.3 Å². The van der Waals surface area contributed by atoms with Crippen molar-refractivity contribution in [3.63, 3.8) is 0 Å². The largest absolute Gasteiger partial charge is 0.491 e. The fraction of sp³-hybridized carbons (Fsp3) is 0.515. The number of benzene rings is 2. The van der Waals surface area contributed by atoms with E-state index in [9.17, 15) is 10.2 Å². The molecule has 0 amide bonds. The standard InChI is InChI=1S/C33H48O8/c1-23(2)17-36-25(5)38-19-29(34)21-40-31-13-9-27(10-14-31)33(7,8)28-11-15-32(16-12-28)41-22-30(35)20-39-26(6)37-18-24(3)4/h9-16,25-26,29-30,34-35H,1,3,17-22H2,2,4-8H3. The zero-order chi connectivity index (χ0) is 30.4. The third-order valence-electron chi connectivity index (χ3n) is 6.21. The number of ether oxygens (including phenoxy) is 6. The Morgan fingerprint density at radius 3 is 1.29 bits per heavy atom. The molecule has 0 fully saturated rings. The van der Waals surface area contributed by atoms with Crippen molar-refractivity contribution in [3.8, 4) is 11.5 Å². The van der Waals surface area contributed by atoms with Gasteiger partial charge in [-0.25, -0.2) is 0 Å². The van der Waals surface area contributed by atoms with Crippen LogP contribution in [0.25, 0.3) is 0 Å². The van der Waals surface area contributed by atoms with E-state index in [1.54, 1.807) is 13.8 Å².